The number of benzene rings is 3. The van der Waals surface area contributed by atoms with Crippen molar-refractivity contribution < 1.29 is 33.3 Å². The Labute approximate surface area is 238 Å². The molecule has 0 aliphatic heterocycles. The van der Waals surface area contributed by atoms with Gasteiger partial charge in [-0.2, -0.15) is 0 Å². The topological polar surface area (TPSA) is 88.1 Å². The van der Waals surface area contributed by atoms with Crippen LogP contribution in [0.2, 0.25) is 0 Å². The summed E-state index contributed by atoms with van der Waals surface area (Å²) in [6.45, 7) is 7.51. The van der Waals surface area contributed by atoms with E-state index in [1.54, 1.807) is 24.3 Å². The summed E-state index contributed by atoms with van der Waals surface area (Å²) < 4.78 is 20.7. The lowest BCUT2D eigenvalue weighted by Gasteiger charge is -2.08. The van der Waals surface area contributed by atoms with Crippen LogP contribution in [0.25, 0.3) is 11.1 Å². The summed E-state index contributed by atoms with van der Waals surface area (Å²) in [7, 11) is 0. The van der Waals surface area contributed by atoms with Gasteiger partial charge in [0.15, 0.2) is 6.61 Å². The van der Waals surface area contributed by atoms with Gasteiger partial charge < -0.3 is 18.9 Å². The highest BCUT2D eigenvalue weighted by atomic mass is 32.2. The molecule has 40 heavy (non-hydrogen) atoms. The second-order valence-electron chi connectivity index (χ2n) is 8.54. The third-order valence-corrected chi connectivity index (χ3v) is 6.56. The molecule has 0 heterocycles. The third kappa shape index (κ3) is 10.5. The fourth-order valence-corrected chi connectivity index (χ4v) is 4.30. The molecule has 0 aromatic heterocycles. The lowest BCUT2D eigenvalue weighted by Crippen LogP contribution is -2.11. The third-order valence-electron chi connectivity index (χ3n) is 5.63. The van der Waals surface area contributed by atoms with Crippen LogP contribution in [0.15, 0.2) is 103 Å². The summed E-state index contributed by atoms with van der Waals surface area (Å²) >= 11 is 1.12. The van der Waals surface area contributed by atoms with Crippen molar-refractivity contribution in [1.82, 2.24) is 0 Å². The Kier molecular flexibility index (Phi) is 12.6. The maximum atomic E-state index is 12.7. The molecule has 0 saturated carbocycles. The van der Waals surface area contributed by atoms with Crippen molar-refractivity contribution in [2.24, 2.45) is 0 Å². The molecule has 0 unspecified atom stereocenters. The maximum absolute atomic E-state index is 12.7. The molecule has 3 aromatic carbocycles. The van der Waals surface area contributed by atoms with Gasteiger partial charge in [-0.05, 0) is 97.1 Å². The summed E-state index contributed by atoms with van der Waals surface area (Å²) in [6.07, 6.45) is 5.96. The Hall–Kier alpha value is -4.30. The number of rotatable bonds is 16. The molecule has 0 amide bonds. The number of hydrogen-bond donors (Lipinski definition) is 0. The van der Waals surface area contributed by atoms with Gasteiger partial charge in [-0.1, -0.05) is 37.4 Å². The van der Waals surface area contributed by atoms with E-state index in [-0.39, 0.29) is 17.7 Å². The van der Waals surface area contributed by atoms with Crippen LogP contribution >= 0.6 is 11.8 Å². The minimum atomic E-state index is -0.540. The van der Waals surface area contributed by atoms with Crippen LogP contribution in [0.5, 0.6) is 11.5 Å². The molecule has 3 aromatic rings. The van der Waals surface area contributed by atoms with Gasteiger partial charge in [0, 0.05) is 16.5 Å². The average molecular weight is 561 g/mol. The molecule has 0 atom stereocenters. The Morgan fingerprint density at radius 2 is 1.27 bits per heavy atom. The predicted molar refractivity (Wildman–Crippen MR) is 155 cm³/mol. The molecular formula is C32H32O7S. The predicted octanol–water partition coefficient (Wildman–Crippen LogP) is 7.02. The summed E-state index contributed by atoms with van der Waals surface area (Å²) in [5.41, 5.74) is 2.63. The van der Waals surface area contributed by atoms with Gasteiger partial charge in [-0.25, -0.2) is 9.59 Å². The Bertz CT molecular complexity index is 1270. The summed E-state index contributed by atoms with van der Waals surface area (Å²) in [4.78, 5) is 35.8. The van der Waals surface area contributed by atoms with Gasteiger partial charge in [0.05, 0.1) is 19.5 Å². The van der Waals surface area contributed by atoms with Crippen LogP contribution in [0.3, 0.4) is 0 Å². The molecule has 0 radical (unpaired) electrons. The zero-order valence-corrected chi connectivity index (χ0v) is 23.0. The Morgan fingerprint density at radius 3 is 1.90 bits per heavy atom. The maximum Gasteiger partial charge on any atom is 0.348 e. The summed E-state index contributed by atoms with van der Waals surface area (Å²) in [6, 6.07) is 22.3. The molecule has 0 bridgehead atoms. The minimum absolute atomic E-state index is 0.0729. The van der Waals surface area contributed by atoms with Gasteiger partial charge in [-0.15, -0.1) is 0 Å². The van der Waals surface area contributed by atoms with Crippen molar-refractivity contribution in [3.8, 4) is 22.6 Å². The SMILES string of the molecule is C=COC(=O)COc1ccc(SC(=O)c2ccc(-c3ccc(OCCCCCCOC(=O)C=C)cc3)cc2)cc1. The molecule has 0 spiro atoms. The van der Waals surface area contributed by atoms with Crippen LogP contribution in [0.4, 0.5) is 0 Å². The first-order chi connectivity index (χ1) is 19.5. The number of hydrogen-bond acceptors (Lipinski definition) is 8. The number of thioether (sulfide) groups is 1. The standard InChI is InChI=1S/C32H32O7S/c1-3-30(33)38-22-8-6-5-7-21-37-27-15-13-25(14-16-27)24-9-11-26(12-10-24)32(35)40-29-19-17-28(18-20-29)39-23-31(34)36-4-2/h3-4,9-20H,1-2,5-8,21-23H2. The smallest absolute Gasteiger partial charge is 0.348 e. The second kappa shape index (κ2) is 16.6. The highest BCUT2D eigenvalue weighted by molar-refractivity contribution is 8.14. The van der Waals surface area contributed by atoms with Crippen molar-refractivity contribution in [1.29, 1.82) is 0 Å². The highest BCUT2D eigenvalue weighted by Crippen LogP contribution is 2.27. The first-order valence-corrected chi connectivity index (χ1v) is 13.7. The van der Waals surface area contributed by atoms with E-state index in [4.69, 9.17) is 14.2 Å². The number of unbranched alkanes of at least 4 members (excludes halogenated alkanes) is 3. The van der Waals surface area contributed by atoms with Gasteiger partial charge in [0.1, 0.15) is 11.5 Å². The fraction of sp³-hybridized carbons (Fsp3) is 0.219. The number of carbonyl (C=O) groups is 3. The van der Waals surface area contributed by atoms with E-state index in [1.807, 2.05) is 48.5 Å². The van der Waals surface area contributed by atoms with Gasteiger partial charge in [-0.3, -0.25) is 4.79 Å². The van der Waals surface area contributed by atoms with Crippen LogP contribution in [0.1, 0.15) is 36.0 Å². The lowest BCUT2D eigenvalue weighted by molar-refractivity contribution is -0.140. The molecule has 0 aliphatic rings. The zero-order chi connectivity index (χ0) is 28.6. The number of carbonyl (C=O) groups excluding carboxylic acids is 3. The second-order valence-corrected chi connectivity index (χ2v) is 9.59. The van der Waals surface area contributed by atoms with E-state index in [1.165, 1.54) is 6.08 Å². The number of ether oxygens (including phenoxy) is 4. The molecule has 7 nitrogen and oxygen atoms in total. The molecule has 0 N–H and O–H groups in total. The first-order valence-electron chi connectivity index (χ1n) is 12.9. The van der Waals surface area contributed by atoms with E-state index in [9.17, 15) is 14.4 Å². The molecule has 0 fully saturated rings. The average Bonchev–Trinajstić information content (AvgIpc) is 2.98. The van der Waals surface area contributed by atoms with E-state index in [0.717, 1.165) is 65.5 Å². The molecule has 8 heteroatoms. The number of esters is 2. The van der Waals surface area contributed by atoms with Crippen LogP contribution in [-0.2, 0) is 19.1 Å². The molecule has 208 valence electrons. The molecule has 3 rings (SSSR count). The van der Waals surface area contributed by atoms with Crippen molar-refractivity contribution in [3.63, 3.8) is 0 Å². The zero-order valence-electron chi connectivity index (χ0n) is 22.2. The van der Waals surface area contributed by atoms with E-state index in [2.05, 4.69) is 17.9 Å². The normalized spacial score (nSPS) is 10.3. The van der Waals surface area contributed by atoms with Crippen molar-refractivity contribution in [2.45, 2.75) is 30.6 Å². The summed E-state index contributed by atoms with van der Waals surface area (Å²) in [5, 5.41) is -0.0729. The van der Waals surface area contributed by atoms with E-state index < -0.39 is 5.97 Å². The van der Waals surface area contributed by atoms with Crippen molar-refractivity contribution in [2.75, 3.05) is 19.8 Å². The minimum Gasteiger partial charge on any atom is -0.494 e. The molecule has 0 saturated heterocycles. The van der Waals surface area contributed by atoms with Gasteiger partial charge in [0.2, 0.25) is 5.12 Å². The van der Waals surface area contributed by atoms with Crippen LogP contribution in [0, 0.1) is 0 Å². The highest BCUT2D eigenvalue weighted by Gasteiger charge is 2.10. The fourth-order valence-electron chi connectivity index (χ4n) is 3.56. The van der Waals surface area contributed by atoms with Crippen LogP contribution in [-0.4, -0.2) is 36.9 Å². The Balaban J connectivity index is 1.40. The van der Waals surface area contributed by atoms with Gasteiger partial charge in [0.25, 0.3) is 0 Å². The molecular weight excluding hydrogens is 528 g/mol. The monoisotopic (exact) mass is 560 g/mol. The van der Waals surface area contributed by atoms with E-state index >= 15 is 0 Å². The van der Waals surface area contributed by atoms with E-state index in [0.29, 0.717) is 24.5 Å². The summed E-state index contributed by atoms with van der Waals surface area (Å²) in [5.74, 6) is 0.383. The first kappa shape index (κ1) is 30.2. The van der Waals surface area contributed by atoms with Crippen molar-refractivity contribution in [3.05, 3.63) is 104 Å². The quantitative estimate of drug-likeness (QED) is 0.0607. The van der Waals surface area contributed by atoms with Gasteiger partial charge >= 0.3 is 11.9 Å². The van der Waals surface area contributed by atoms with Crippen LogP contribution < -0.4 is 9.47 Å². The van der Waals surface area contributed by atoms with Crippen molar-refractivity contribution >= 4 is 28.8 Å². The largest absolute Gasteiger partial charge is 0.494 e. The molecule has 0 aliphatic carbocycles. The lowest BCUT2D eigenvalue weighted by atomic mass is 10.0. The Morgan fingerprint density at radius 1 is 0.700 bits per heavy atom.